The average molecular weight is 317 g/mol. The first-order valence-electron chi connectivity index (χ1n) is 6.35. The van der Waals surface area contributed by atoms with Crippen LogP contribution in [0.15, 0.2) is 22.7 Å². The highest BCUT2D eigenvalue weighted by molar-refractivity contribution is 9.10. The molecular weight excluding hydrogens is 299 g/mol. The van der Waals surface area contributed by atoms with Crippen LogP contribution in [0.5, 0.6) is 0 Å². The fourth-order valence-electron chi connectivity index (χ4n) is 2.59. The van der Waals surface area contributed by atoms with Gasteiger partial charge in [0.1, 0.15) is 5.82 Å². The molecule has 0 amide bonds. The molecule has 4 heteroatoms. The Hall–Kier alpha value is -0.450. The minimum absolute atomic E-state index is 0.110. The van der Waals surface area contributed by atoms with Gasteiger partial charge in [0.25, 0.3) is 0 Å². The third kappa shape index (κ3) is 3.11. The molecule has 1 N–H and O–H groups in total. The highest BCUT2D eigenvalue weighted by Gasteiger charge is 2.32. The number of rotatable bonds is 4. The van der Waals surface area contributed by atoms with Crippen LogP contribution in [0.25, 0.3) is 0 Å². The summed E-state index contributed by atoms with van der Waals surface area (Å²) in [7, 11) is 0. The van der Waals surface area contributed by atoms with Crippen molar-refractivity contribution in [2.75, 3.05) is 6.61 Å². The van der Waals surface area contributed by atoms with Crippen LogP contribution in [-0.2, 0) is 11.2 Å². The first-order valence-corrected chi connectivity index (χ1v) is 7.14. The lowest BCUT2D eigenvalue weighted by Gasteiger charge is -2.22. The van der Waals surface area contributed by atoms with Gasteiger partial charge in [0.2, 0.25) is 0 Å². The molecule has 1 aliphatic rings. The lowest BCUT2D eigenvalue weighted by Crippen LogP contribution is -2.29. The Morgan fingerprint density at radius 3 is 3.00 bits per heavy atom. The molecule has 2 rings (SSSR count). The Bertz CT molecular complexity index is 411. The molecule has 0 aromatic heterocycles. The summed E-state index contributed by atoms with van der Waals surface area (Å²) < 4.78 is 20.0. The molecule has 0 aliphatic carbocycles. The molecule has 2 nitrogen and oxygen atoms in total. The summed E-state index contributed by atoms with van der Waals surface area (Å²) in [6, 6.07) is 4.96. The Labute approximate surface area is 115 Å². The molecule has 1 aliphatic heterocycles. The van der Waals surface area contributed by atoms with Crippen molar-refractivity contribution in [3.8, 4) is 0 Å². The van der Waals surface area contributed by atoms with E-state index in [4.69, 9.17) is 4.74 Å². The molecule has 18 heavy (non-hydrogen) atoms. The van der Waals surface area contributed by atoms with E-state index in [0.717, 1.165) is 12.8 Å². The zero-order chi connectivity index (χ0) is 13.1. The summed E-state index contributed by atoms with van der Waals surface area (Å²) >= 11 is 3.23. The second-order valence-corrected chi connectivity index (χ2v) is 5.69. The zero-order valence-electron chi connectivity index (χ0n) is 10.4. The normalized spacial score (nSPS) is 25.3. The van der Waals surface area contributed by atoms with E-state index in [1.54, 1.807) is 12.1 Å². The van der Waals surface area contributed by atoms with E-state index in [1.165, 1.54) is 6.07 Å². The number of hydrogen-bond donors (Lipinski definition) is 1. The molecule has 0 spiro atoms. The second kappa shape index (κ2) is 6.13. The monoisotopic (exact) mass is 316 g/mol. The van der Waals surface area contributed by atoms with Crippen molar-refractivity contribution in [3.63, 3.8) is 0 Å². The van der Waals surface area contributed by atoms with Gasteiger partial charge in [-0.3, -0.25) is 0 Å². The molecule has 1 aromatic carbocycles. The molecule has 1 heterocycles. The van der Waals surface area contributed by atoms with E-state index in [1.807, 2.05) is 0 Å². The van der Waals surface area contributed by atoms with Gasteiger partial charge in [0.05, 0.1) is 12.2 Å². The van der Waals surface area contributed by atoms with Gasteiger partial charge in [-0.1, -0.05) is 28.9 Å². The number of benzene rings is 1. The Kier molecular flexibility index (Phi) is 4.76. The summed E-state index contributed by atoms with van der Waals surface area (Å²) in [4.78, 5) is 0. The van der Waals surface area contributed by atoms with Crippen molar-refractivity contribution in [1.82, 2.24) is 0 Å². The minimum atomic E-state index is -0.534. The summed E-state index contributed by atoms with van der Waals surface area (Å²) in [5.74, 6) is -0.145. The SMILES string of the molecule is CCC1OCCC1C(O)Cc1ccc(Br)cc1F. The van der Waals surface area contributed by atoms with Crippen molar-refractivity contribution < 1.29 is 14.2 Å². The van der Waals surface area contributed by atoms with Crippen LogP contribution in [0.1, 0.15) is 25.3 Å². The Balaban J connectivity index is 2.04. The fraction of sp³-hybridized carbons (Fsp3) is 0.571. The highest BCUT2D eigenvalue weighted by atomic mass is 79.9. The first-order chi connectivity index (χ1) is 8.61. The summed E-state index contributed by atoms with van der Waals surface area (Å²) in [6.07, 6.45) is 1.68. The Morgan fingerprint density at radius 2 is 2.33 bits per heavy atom. The standard InChI is InChI=1S/C14H18BrFO2/c1-2-14-11(5-6-18-14)13(17)7-9-3-4-10(15)8-12(9)16/h3-4,8,11,13-14,17H,2,5-7H2,1H3. The van der Waals surface area contributed by atoms with Crippen LogP contribution in [0.4, 0.5) is 4.39 Å². The van der Waals surface area contributed by atoms with Gasteiger partial charge in [-0.2, -0.15) is 0 Å². The van der Waals surface area contributed by atoms with Gasteiger partial charge >= 0.3 is 0 Å². The van der Waals surface area contributed by atoms with Crippen LogP contribution in [-0.4, -0.2) is 23.9 Å². The molecule has 1 saturated heterocycles. The van der Waals surface area contributed by atoms with Crippen LogP contribution in [0.2, 0.25) is 0 Å². The molecule has 0 bridgehead atoms. The molecule has 1 aromatic rings. The van der Waals surface area contributed by atoms with Gasteiger partial charge in [0, 0.05) is 23.4 Å². The second-order valence-electron chi connectivity index (χ2n) is 4.78. The van der Waals surface area contributed by atoms with E-state index >= 15 is 0 Å². The van der Waals surface area contributed by atoms with E-state index < -0.39 is 6.10 Å². The molecule has 1 fully saturated rings. The third-order valence-electron chi connectivity index (χ3n) is 3.60. The molecule has 100 valence electrons. The van der Waals surface area contributed by atoms with Gasteiger partial charge in [-0.25, -0.2) is 4.39 Å². The van der Waals surface area contributed by atoms with Crippen molar-refractivity contribution in [2.24, 2.45) is 5.92 Å². The minimum Gasteiger partial charge on any atom is -0.392 e. The van der Waals surface area contributed by atoms with Crippen molar-refractivity contribution in [1.29, 1.82) is 0 Å². The van der Waals surface area contributed by atoms with Crippen LogP contribution < -0.4 is 0 Å². The molecule has 3 atom stereocenters. The number of aliphatic hydroxyl groups excluding tert-OH is 1. The molecule has 0 saturated carbocycles. The average Bonchev–Trinajstić information content (AvgIpc) is 2.81. The smallest absolute Gasteiger partial charge is 0.127 e. The summed E-state index contributed by atoms with van der Waals surface area (Å²) in [5.41, 5.74) is 0.562. The van der Waals surface area contributed by atoms with Crippen molar-refractivity contribution in [2.45, 2.75) is 38.4 Å². The van der Waals surface area contributed by atoms with Crippen molar-refractivity contribution in [3.05, 3.63) is 34.1 Å². The zero-order valence-corrected chi connectivity index (χ0v) is 12.0. The van der Waals surface area contributed by atoms with Gasteiger partial charge in [-0.15, -0.1) is 0 Å². The summed E-state index contributed by atoms with van der Waals surface area (Å²) in [5, 5.41) is 10.2. The third-order valence-corrected chi connectivity index (χ3v) is 4.09. The van der Waals surface area contributed by atoms with Gasteiger partial charge < -0.3 is 9.84 Å². The van der Waals surface area contributed by atoms with Crippen LogP contribution in [0.3, 0.4) is 0 Å². The lowest BCUT2D eigenvalue weighted by atomic mass is 9.89. The predicted octanol–water partition coefficient (Wildman–Crippen LogP) is 3.31. The quantitative estimate of drug-likeness (QED) is 0.923. The number of aliphatic hydroxyl groups is 1. The van der Waals surface area contributed by atoms with E-state index in [0.29, 0.717) is 23.1 Å². The van der Waals surface area contributed by atoms with Crippen molar-refractivity contribution >= 4 is 15.9 Å². The predicted molar refractivity (Wildman–Crippen MR) is 71.9 cm³/mol. The van der Waals surface area contributed by atoms with E-state index in [2.05, 4.69) is 22.9 Å². The Morgan fingerprint density at radius 1 is 1.56 bits per heavy atom. The molecule has 0 radical (unpaired) electrons. The van der Waals surface area contributed by atoms with Crippen LogP contribution >= 0.6 is 15.9 Å². The van der Waals surface area contributed by atoms with E-state index in [9.17, 15) is 9.50 Å². The van der Waals surface area contributed by atoms with Gasteiger partial charge in [0.15, 0.2) is 0 Å². The number of ether oxygens (including phenoxy) is 1. The lowest BCUT2D eigenvalue weighted by molar-refractivity contribution is 0.0314. The number of hydrogen-bond acceptors (Lipinski definition) is 2. The maximum Gasteiger partial charge on any atom is 0.127 e. The number of halogens is 2. The van der Waals surface area contributed by atoms with Crippen LogP contribution in [0, 0.1) is 11.7 Å². The van der Waals surface area contributed by atoms with E-state index in [-0.39, 0.29) is 17.8 Å². The maximum atomic E-state index is 13.7. The highest BCUT2D eigenvalue weighted by Crippen LogP contribution is 2.29. The fourth-order valence-corrected chi connectivity index (χ4v) is 2.92. The maximum absolute atomic E-state index is 13.7. The molecule has 3 unspecified atom stereocenters. The molecular formula is C14H18BrFO2. The largest absolute Gasteiger partial charge is 0.392 e. The summed E-state index contributed by atoms with van der Waals surface area (Å²) in [6.45, 7) is 2.75. The van der Waals surface area contributed by atoms with Gasteiger partial charge in [-0.05, 0) is 30.5 Å². The topological polar surface area (TPSA) is 29.5 Å². The first kappa shape index (κ1) is 14.0.